The van der Waals surface area contributed by atoms with Gasteiger partial charge in [0.25, 0.3) is 0 Å². The van der Waals surface area contributed by atoms with Gasteiger partial charge in [-0.1, -0.05) is 31.2 Å². The van der Waals surface area contributed by atoms with E-state index in [1.165, 1.54) is 0 Å². The fourth-order valence-electron chi connectivity index (χ4n) is 2.67. The highest BCUT2D eigenvalue weighted by Gasteiger charge is 2.34. The Morgan fingerprint density at radius 1 is 1.21 bits per heavy atom. The lowest BCUT2D eigenvalue weighted by Crippen LogP contribution is -2.34. The number of hydrogen-bond donors (Lipinski definition) is 0. The molecular formula is C14H20ClNO2S. The second-order valence-corrected chi connectivity index (χ2v) is 7.65. The Balaban J connectivity index is 2.12. The van der Waals surface area contributed by atoms with Gasteiger partial charge in [0.05, 0.1) is 5.75 Å². The van der Waals surface area contributed by atoms with Crippen molar-refractivity contribution in [3.8, 4) is 0 Å². The topological polar surface area (TPSA) is 37.4 Å². The zero-order valence-corrected chi connectivity index (χ0v) is 12.9. The highest BCUT2D eigenvalue weighted by molar-refractivity contribution is 7.88. The van der Waals surface area contributed by atoms with Crippen LogP contribution in [0.3, 0.4) is 0 Å². The Labute approximate surface area is 120 Å². The average molecular weight is 302 g/mol. The summed E-state index contributed by atoms with van der Waals surface area (Å²) in [5, 5.41) is 0. The second kappa shape index (κ2) is 5.81. The van der Waals surface area contributed by atoms with E-state index in [-0.39, 0.29) is 11.8 Å². The van der Waals surface area contributed by atoms with Gasteiger partial charge in [0, 0.05) is 18.5 Å². The van der Waals surface area contributed by atoms with Gasteiger partial charge in [-0.05, 0) is 30.4 Å². The van der Waals surface area contributed by atoms with Gasteiger partial charge in [0.1, 0.15) is 0 Å². The van der Waals surface area contributed by atoms with Crippen molar-refractivity contribution >= 4 is 21.6 Å². The SMILES string of the molecule is CC1CC(C)N(S(=O)(=O)Cc2ccc(CCl)cc2)C1. The summed E-state index contributed by atoms with van der Waals surface area (Å²) in [5.74, 6) is 0.976. The highest BCUT2D eigenvalue weighted by atomic mass is 35.5. The minimum atomic E-state index is -3.21. The van der Waals surface area contributed by atoms with Crippen molar-refractivity contribution in [1.82, 2.24) is 4.31 Å². The first-order valence-electron chi connectivity index (χ1n) is 6.55. The lowest BCUT2D eigenvalue weighted by Gasteiger charge is -2.21. The van der Waals surface area contributed by atoms with Crippen molar-refractivity contribution in [2.45, 2.75) is 37.9 Å². The van der Waals surface area contributed by atoms with E-state index < -0.39 is 10.0 Å². The van der Waals surface area contributed by atoms with Gasteiger partial charge < -0.3 is 0 Å². The van der Waals surface area contributed by atoms with E-state index in [9.17, 15) is 8.42 Å². The van der Waals surface area contributed by atoms with Crippen LogP contribution < -0.4 is 0 Å². The highest BCUT2D eigenvalue weighted by Crippen LogP contribution is 2.27. The Morgan fingerprint density at radius 3 is 2.26 bits per heavy atom. The molecule has 0 aliphatic carbocycles. The van der Waals surface area contributed by atoms with E-state index in [4.69, 9.17) is 11.6 Å². The van der Waals surface area contributed by atoms with E-state index in [1.54, 1.807) is 4.31 Å². The van der Waals surface area contributed by atoms with Crippen LogP contribution in [-0.2, 0) is 21.7 Å². The van der Waals surface area contributed by atoms with Gasteiger partial charge in [-0.25, -0.2) is 8.42 Å². The zero-order valence-electron chi connectivity index (χ0n) is 11.3. The summed E-state index contributed by atoms with van der Waals surface area (Å²) in [4.78, 5) is 0. The first kappa shape index (κ1) is 14.8. The molecule has 1 heterocycles. The summed E-state index contributed by atoms with van der Waals surface area (Å²) in [7, 11) is -3.21. The number of alkyl halides is 1. The van der Waals surface area contributed by atoms with E-state index in [0.717, 1.165) is 17.5 Å². The Kier molecular flexibility index (Phi) is 4.54. The monoisotopic (exact) mass is 301 g/mol. The smallest absolute Gasteiger partial charge is 0.212 e. The van der Waals surface area contributed by atoms with Crippen molar-refractivity contribution < 1.29 is 8.42 Å². The molecule has 0 amide bonds. The van der Waals surface area contributed by atoms with Crippen LogP contribution in [0.4, 0.5) is 0 Å². The normalized spacial score (nSPS) is 24.8. The van der Waals surface area contributed by atoms with Crippen LogP contribution >= 0.6 is 11.6 Å². The number of hydrogen-bond acceptors (Lipinski definition) is 2. The molecule has 1 aromatic carbocycles. The van der Waals surface area contributed by atoms with Crippen LogP contribution in [0.2, 0.25) is 0 Å². The van der Waals surface area contributed by atoms with E-state index in [0.29, 0.717) is 18.3 Å². The molecular weight excluding hydrogens is 282 g/mol. The average Bonchev–Trinajstić information content (AvgIpc) is 2.70. The standard InChI is InChI=1S/C14H20ClNO2S/c1-11-7-12(2)16(9-11)19(17,18)10-14-5-3-13(8-15)4-6-14/h3-6,11-12H,7-10H2,1-2H3. The summed E-state index contributed by atoms with van der Waals surface area (Å²) in [6.07, 6.45) is 0.949. The van der Waals surface area contributed by atoms with Crippen LogP contribution in [0.5, 0.6) is 0 Å². The minimum Gasteiger partial charge on any atom is -0.212 e. The second-order valence-electron chi connectivity index (χ2n) is 5.47. The molecule has 5 heteroatoms. The molecule has 1 aliphatic heterocycles. The Bertz CT molecular complexity index is 527. The molecule has 2 unspecified atom stereocenters. The fraction of sp³-hybridized carbons (Fsp3) is 0.571. The molecule has 0 bridgehead atoms. The maximum atomic E-state index is 12.4. The summed E-state index contributed by atoms with van der Waals surface area (Å²) in [6.45, 7) is 4.72. The Morgan fingerprint density at radius 2 is 1.79 bits per heavy atom. The van der Waals surface area contributed by atoms with Gasteiger partial charge in [-0.15, -0.1) is 11.6 Å². The maximum Gasteiger partial charge on any atom is 0.218 e. The summed E-state index contributed by atoms with van der Waals surface area (Å²) in [6, 6.07) is 7.57. The number of benzene rings is 1. The summed E-state index contributed by atoms with van der Waals surface area (Å²) < 4.78 is 26.5. The number of halogens is 1. The lowest BCUT2D eigenvalue weighted by atomic mass is 10.1. The molecule has 19 heavy (non-hydrogen) atoms. The summed E-state index contributed by atoms with van der Waals surface area (Å²) >= 11 is 5.72. The molecule has 1 saturated heterocycles. The van der Waals surface area contributed by atoms with Crippen molar-refractivity contribution in [2.75, 3.05) is 6.54 Å². The van der Waals surface area contributed by atoms with Crippen LogP contribution in [-0.4, -0.2) is 25.3 Å². The largest absolute Gasteiger partial charge is 0.218 e. The van der Waals surface area contributed by atoms with E-state index in [2.05, 4.69) is 6.92 Å². The third kappa shape index (κ3) is 3.50. The molecule has 1 aromatic rings. The molecule has 3 nitrogen and oxygen atoms in total. The predicted octanol–water partition coefficient (Wildman–Crippen LogP) is 2.99. The van der Waals surface area contributed by atoms with Crippen LogP contribution in [0.1, 0.15) is 31.4 Å². The number of rotatable bonds is 4. The summed E-state index contributed by atoms with van der Waals surface area (Å²) in [5.41, 5.74) is 1.83. The van der Waals surface area contributed by atoms with Crippen molar-refractivity contribution in [1.29, 1.82) is 0 Å². The van der Waals surface area contributed by atoms with Crippen molar-refractivity contribution in [3.05, 3.63) is 35.4 Å². The number of sulfonamides is 1. The van der Waals surface area contributed by atoms with Gasteiger partial charge in [0.15, 0.2) is 0 Å². The molecule has 2 atom stereocenters. The number of nitrogens with zero attached hydrogens (tertiary/aromatic N) is 1. The van der Waals surface area contributed by atoms with Gasteiger partial charge in [-0.2, -0.15) is 4.31 Å². The van der Waals surface area contributed by atoms with E-state index >= 15 is 0 Å². The fourth-order valence-corrected chi connectivity index (χ4v) is 4.74. The molecule has 0 aromatic heterocycles. The first-order valence-corrected chi connectivity index (χ1v) is 8.70. The molecule has 0 spiro atoms. The third-order valence-corrected chi connectivity index (χ3v) is 5.84. The van der Waals surface area contributed by atoms with Crippen molar-refractivity contribution in [3.63, 3.8) is 0 Å². The van der Waals surface area contributed by atoms with Crippen LogP contribution in [0.15, 0.2) is 24.3 Å². The van der Waals surface area contributed by atoms with Crippen molar-refractivity contribution in [2.24, 2.45) is 5.92 Å². The van der Waals surface area contributed by atoms with Crippen LogP contribution in [0, 0.1) is 5.92 Å². The predicted molar refractivity (Wildman–Crippen MR) is 78.6 cm³/mol. The molecule has 0 saturated carbocycles. The minimum absolute atomic E-state index is 0.0760. The maximum absolute atomic E-state index is 12.4. The lowest BCUT2D eigenvalue weighted by molar-refractivity contribution is 0.405. The molecule has 1 aliphatic rings. The van der Waals surface area contributed by atoms with Gasteiger partial charge >= 0.3 is 0 Å². The Hall–Kier alpha value is -0.580. The van der Waals surface area contributed by atoms with Crippen LogP contribution in [0.25, 0.3) is 0 Å². The molecule has 106 valence electrons. The zero-order chi connectivity index (χ0) is 14.0. The quantitative estimate of drug-likeness (QED) is 0.802. The van der Waals surface area contributed by atoms with Gasteiger partial charge in [-0.3, -0.25) is 0 Å². The first-order chi connectivity index (χ1) is 8.92. The molecule has 0 radical (unpaired) electrons. The van der Waals surface area contributed by atoms with Gasteiger partial charge in [0.2, 0.25) is 10.0 Å². The van der Waals surface area contributed by atoms with E-state index in [1.807, 2.05) is 31.2 Å². The third-order valence-electron chi connectivity index (χ3n) is 3.61. The molecule has 0 N–H and O–H groups in total. The molecule has 2 rings (SSSR count). The molecule has 1 fully saturated rings.